The highest BCUT2D eigenvalue weighted by Crippen LogP contribution is 2.29. The number of aryl methyl sites for hydroxylation is 3. The van der Waals surface area contributed by atoms with E-state index < -0.39 is 11.9 Å². The minimum Gasteiger partial charge on any atom is -0.489 e. The van der Waals surface area contributed by atoms with E-state index in [1.807, 2.05) is 26.0 Å². The van der Waals surface area contributed by atoms with Crippen LogP contribution in [-0.4, -0.2) is 33.3 Å². The van der Waals surface area contributed by atoms with Crippen molar-refractivity contribution >= 4 is 0 Å². The number of ether oxygens (including phenoxy) is 2. The average molecular weight is 394 g/mol. The Morgan fingerprint density at radius 1 is 1.00 bits per heavy atom. The summed E-state index contributed by atoms with van der Waals surface area (Å²) in [5, 5.41) is 3.89. The summed E-state index contributed by atoms with van der Waals surface area (Å²) in [4.78, 5) is 11.2. The first-order valence-electron chi connectivity index (χ1n) is 8.32. The van der Waals surface area contributed by atoms with Gasteiger partial charge in [-0.2, -0.15) is 23.1 Å². The number of hydrogen-bond acceptors (Lipinski definition) is 7. The SMILES string of the molecule is Cc1nc(-c2cc(C)c(OCCOc3nccc(C(F)(F)F)n3)c(C)c2)no1. The predicted molar refractivity (Wildman–Crippen MR) is 92.0 cm³/mol. The van der Waals surface area contributed by atoms with E-state index in [1.54, 1.807) is 6.92 Å². The Bertz CT molecular complexity index is 950. The minimum absolute atomic E-state index is 0.00796. The van der Waals surface area contributed by atoms with Gasteiger partial charge < -0.3 is 14.0 Å². The maximum absolute atomic E-state index is 12.6. The topological polar surface area (TPSA) is 83.2 Å². The smallest absolute Gasteiger partial charge is 0.433 e. The molecule has 1 aromatic carbocycles. The third-order valence-corrected chi connectivity index (χ3v) is 3.73. The van der Waals surface area contributed by atoms with E-state index in [4.69, 9.17) is 14.0 Å². The molecule has 28 heavy (non-hydrogen) atoms. The third-order valence-electron chi connectivity index (χ3n) is 3.73. The summed E-state index contributed by atoms with van der Waals surface area (Å²) >= 11 is 0. The standard InChI is InChI=1S/C18H17F3N4O3/c1-10-8-13(16-23-12(3)28-25-16)9-11(2)15(10)26-6-7-27-17-22-5-4-14(24-17)18(19,20)21/h4-5,8-9H,6-7H2,1-3H3. The molecule has 3 aromatic rings. The summed E-state index contributed by atoms with van der Waals surface area (Å²) in [6.45, 7) is 5.56. The molecule has 3 rings (SSSR count). The molecule has 0 saturated heterocycles. The zero-order valence-corrected chi connectivity index (χ0v) is 15.4. The second-order valence-corrected chi connectivity index (χ2v) is 6.00. The van der Waals surface area contributed by atoms with Crippen molar-refractivity contribution in [3.05, 3.63) is 47.1 Å². The highest BCUT2D eigenvalue weighted by molar-refractivity contribution is 5.60. The summed E-state index contributed by atoms with van der Waals surface area (Å²) in [7, 11) is 0. The number of aromatic nitrogens is 4. The van der Waals surface area contributed by atoms with E-state index in [-0.39, 0.29) is 19.2 Å². The Hall–Kier alpha value is -3.17. The van der Waals surface area contributed by atoms with Crippen LogP contribution in [0.25, 0.3) is 11.4 Å². The van der Waals surface area contributed by atoms with Crippen molar-refractivity contribution in [2.24, 2.45) is 0 Å². The number of alkyl halides is 3. The molecule has 0 bridgehead atoms. The third kappa shape index (κ3) is 4.56. The van der Waals surface area contributed by atoms with Crippen molar-refractivity contribution in [2.75, 3.05) is 13.2 Å². The average Bonchev–Trinajstić information content (AvgIpc) is 3.06. The molecule has 0 aliphatic rings. The van der Waals surface area contributed by atoms with Gasteiger partial charge in [0, 0.05) is 18.7 Å². The summed E-state index contributed by atoms with van der Waals surface area (Å²) in [6.07, 6.45) is -3.55. The highest BCUT2D eigenvalue weighted by atomic mass is 19.4. The van der Waals surface area contributed by atoms with E-state index in [2.05, 4.69) is 20.1 Å². The van der Waals surface area contributed by atoms with Crippen LogP contribution in [0.2, 0.25) is 0 Å². The molecule has 7 nitrogen and oxygen atoms in total. The molecule has 0 saturated carbocycles. The van der Waals surface area contributed by atoms with Crippen LogP contribution >= 0.6 is 0 Å². The van der Waals surface area contributed by atoms with Gasteiger partial charge in [-0.15, -0.1) is 0 Å². The molecule has 0 amide bonds. The second kappa shape index (κ2) is 7.83. The molecule has 0 spiro atoms. The first kappa shape index (κ1) is 19.6. The first-order valence-corrected chi connectivity index (χ1v) is 8.32. The summed E-state index contributed by atoms with van der Waals surface area (Å²) in [5.74, 6) is 1.61. The van der Waals surface area contributed by atoms with Crippen molar-refractivity contribution in [3.63, 3.8) is 0 Å². The normalized spacial score (nSPS) is 11.5. The van der Waals surface area contributed by atoms with Crippen LogP contribution < -0.4 is 9.47 Å². The Morgan fingerprint density at radius 3 is 2.29 bits per heavy atom. The molecule has 0 radical (unpaired) electrons. The van der Waals surface area contributed by atoms with Crippen LogP contribution in [0.5, 0.6) is 11.8 Å². The molecule has 0 aliphatic heterocycles. The number of hydrogen-bond donors (Lipinski definition) is 0. The van der Waals surface area contributed by atoms with Gasteiger partial charge in [-0.25, -0.2) is 4.98 Å². The summed E-state index contributed by atoms with van der Waals surface area (Å²) in [6, 6.07) is 4.16. The molecule has 0 aliphatic carbocycles. The van der Waals surface area contributed by atoms with Crippen LogP contribution in [0.1, 0.15) is 22.7 Å². The van der Waals surface area contributed by atoms with E-state index in [0.29, 0.717) is 17.5 Å². The lowest BCUT2D eigenvalue weighted by Crippen LogP contribution is -2.14. The van der Waals surface area contributed by atoms with E-state index >= 15 is 0 Å². The molecule has 0 N–H and O–H groups in total. The Kier molecular flexibility index (Phi) is 5.48. The number of halogens is 3. The van der Waals surface area contributed by atoms with Gasteiger partial charge in [-0.3, -0.25) is 0 Å². The monoisotopic (exact) mass is 394 g/mol. The van der Waals surface area contributed by atoms with Crippen LogP contribution in [-0.2, 0) is 6.18 Å². The van der Waals surface area contributed by atoms with Gasteiger partial charge >= 0.3 is 12.2 Å². The Balaban J connectivity index is 1.61. The van der Waals surface area contributed by atoms with Gasteiger partial charge in [-0.05, 0) is 43.2 Å². The molecular weight excluding hydrogens is 377 g/mol. The summed E-state index contributed by atoms with van der Waals surface area (Å²) < 4.78 is 53.8. The fourth-order valence-electron chi connectivity index (χ4n) is 2.57. The molecule has 2 aromatic heterocycles. The van der Waals surface area contributed by atoms with E-state index in [1.165, 1.54) is 0 Å². The maximum Gasteiger partial charge on any atom is 0.433 e. The molecule has 0 unspecified atom stereocenters. The van der Waals surface area contributed by atoms with Crippen LogP contribution in [0.4, 0.5) is 13.2 Å². The minimum atomic E-state index is -4.55. The number of benzene rings is 1. The molecule has 10 heteroatoms. The fraction of sp³-hybridized carbons (Fsp3) is 0.333. The quantitative estimate of drug-likeness (QED) is 0.586. The zero-order chi connectivity index (χ0) is 20.3. The van der Waals surface area contributed by atoms with Gasteiger partial charge in [0.15, 0.2) is 5.69 Å². The molecule has 2 heterocycles. The zero-order valence-electron chi connectivity index (χ0n) is 15.4. The van der Waals surface area contributed by atoms with Crippen molar-refractivity contribution in [1.29, 1.82) is 0 Å². The van der Waals surface area contributed by atoms with Crippen LogP contribution in [0, 0.1) is 20.8 Å². The molecule has 148 valence electrons. The van der Waals surface area contributed by atoms with Crippen LogP contribution in [0.15, 0.2) is 28.9 Å². The Morgan fingerprint density at radius 2 is 1.68 bits per heavy atom. The lowest BCUT2D eigenvalue weighted by molar-refractivity contribution is -0.141. The second-order valence-electron chi connectivity index (χ2n) is 6.00. The van der Waals surface area contributed by atoms with Crippen molar-refractivity contribution < 1.29 is 27.2 Å². The van der Waals surface area contributed by atoms with Crippen molar-refractivity contribution in [1.82, 2.24) is 20.1 Å². The van der Waals surface area contributed by atoms with E-state index in [9.17, 15) is 13.2 Å². The number of rotatable bonds is 6. The maximum atomic E-state index is 12.6. The largest absolute Gasteiger partial charge is 0.489 e. The van der Waals surface area contributed by atoms with Gasteiger partial charge in [0.05, 0.1) is 0 Å². The van der Waals surface area contributed by atoms with Crippen molar-refractivity contribution in [3.8, 4) is 23.1 Å². The predicted octanol–water partition coefficient (Wildman–Crippen LogP) is 3.93. The molecule has 0 atom stereocenters. The van der Waals surface area contributed by atoms with Gasteiger partial charge in [0.25, 0.3) is 0 Å². The number of nitrogens with zero attached hydrogens (tertiary/aromatic N) is 4. The van der Waals surface area contributed by atoms with Gasteiger partial charge in [0.2, 0.25) is 11.7 Å². The van der Waals surface area contributed by atoms with Crippen LogP contribution in [0.3, 0.4) is 0 Å². The molecule has 0 fully saturated rings. The lowest BCUT2D eigenvalue weighted by Gasteiger charge is -2.13. The highest BCUT2D eigenvalue weighted by Gasteiger charge is 2.33. The van der Waals surface area contributed by atoms with Crippen molar-refractivity contribution in [2.45, 2.75) is 26.9 Å². The molecular formula is C18H17F3N4O3. The summed E-state index contributed by atoms with van der Waals surface area (Å²) in [5.41, 5.74) is 1.45. The fourth-order valence-corrected chi connectivity index (χ4v) is 2.57. The van der Waals surface area contributed by atoms with Gasteiger partial charge in [-0.1, -0.05) is 5.16 Å². The first-order chi connectivity index (χ1) is 13.2. The Labute approximate surface area is 158 Å². The van der Waals surface area contributed by atoms with E-state index in [0.717, 1.165) is 29.0 Å². The lowest BCUT2D eigenvalue weighted by atomic mass is 10.1. The van der Waals surface area contributed by atoms with Gasteiger partial charge in [0.1, 0.15) is 19.0 Å².